The molecule has 0 bridgehead atoms. The van der Waals surface area contributed by atoms with Gasteiger partial charge < -0.3 is 28.7 Å². The van der Waals surface area contributed by atoms with Crippen molar-refractivity contribution in [3.63, 3.8) is 0 Å². The lowest BCUT2D eigenvalue weighted by Crippen LogP contribution is -2.55. The third-order valence-corrected chi connectivity index (χ3v) is 8.53. The lowest BCUT2D eigenvalue weighted by Gasteiger charge is -2.41. The Morgan fingerprint density at radius 2 is 1.26 bits per heavy atom. The first-order valence-corrected chi connectivity index (χ1v) is 16.9. The Hall–Kier alpha value is -3.28. The SMILES string of the molecule is CC(C)(C)OC(=O)N1CC[C@H]1COc1cnc(Cl)c(-c2ccccc2)c1.CC(C)(C)OC(=O)N1CC[C@H]1COc1cnc(Cl)c(Br)c1. The number of nitrogens with zero attached hydrogens (tertiary/aromatic N) is 4. The number of rotatable bonds is 7. The third kappa shape index (κ3) is 10.9. The topological polar surface area (TPSA) is 103 Å². The van der Waals surface area contributed by atoms with Gasteiger partial charge in [-0.15, -0.1) is 0 Å². The van der Waals surface area contributed by atoms with E-state index in [1.54, 1.807) is 28.3 Å². The summed E-state index contributed by atoms with van der Waals surface area (Å²) in [7, 11) is 0. The first kappa shape index (κ1) is 36.6. The molecule has 10 nitrogen and oxygen atoms in total. The lowest BCUT2D eigenvalue weighted by atomic mass is 10.1. The van der Waals surface area contributed by atoms with Gasteiger partial charge in [0.1, 0.15) is 46.2 Å². The molecule has 5 rings (SSSR count). The van der Waals surface area contributed by atoms with Gasteiger partial charge in [0.25, 0.3) is 0 Å². The molecule has 2 saturated heterocycles. The van der Waals surface area contributed by atoms with Gasteiger partial charge in [-0.05, 0) is 88.0 Å². The van der Waals surface area contributed by atoms with Crippen molar-refractivity contribution in [3.8, 4) is 22.6 Å². The van der Waals surface area contributed by atoms with Crippen molar-refractivity contribution in [2.75, 3.05) is 26.3 Å². The number of benzene rings is 1. The Bertz CT molecular complexity index is 1530. The first-order valence-electron chi connectivity index (χ1n) is 15.4. The second-order valence-corrected chi connectivity index (χ2v) is 14.7. The highest BCUT2D eigenvalue weighted by atomic mass is 79.9. The number of ether oxygens (including phenoxy) is 4. The molecule has 1 aromatic carbocycles. The van der Waals surface area contributed by atoms with Crippen LogP contribution in [0.3, 0.4) is 0 Å². The first-order chi connectivity index (χ1) is 22.1. The number of amides is 2. The molecule has 0 N–H and O–H groups in total. The van der Waals surface area contributed by atoms with Crippen molar-refractivity contribution in [2.45, 2.75) is 77.7 Å². The molecule has 2 atom stereocenters. The Morgan fingerprint density at radius 1 is 0.787 bits per heavy atom. The monoisotopic (exact) mass is 750 g/mol. The molecule has 254 valence electrons. The summed E-state index contributed by atoms with van der Waals surface area (Å²) in [5.74, 6) is 1.24. The lowest BCUT2D eigenvalue weighted by molar-refractivity contribution is -0.0149. The molecule has 3 aromatic rings. The van der Waals surface area contributed by atoms with Crippen LogP contribution in [0.2, 0.25) is 10.3 Å². The Labute approximate surface area is 294 Å². The van der Waals surface area contributed by atoms with E-state index in [1.807, 2.05) is 77.9 Å². The van der Waals surface area contributed by atoms with Gasteiger partial charge in [-0.3, -0.25) is 0 Å². The number of halogens is 3. The average molecular weight is 753 g/mol. The standard InChI is InChI=1S/C20H23ClN2O3.C14H18BrClN2O3/c1-20(2,3)26-19(24)23-10-9-15(23)13-25-16-11-17(18(21)22-12-16)14-7-5-4-6-8-14;1-14(2,3)21-13(19)18-5-4-9(18)8-20-10-6-11(15)12(16)17-7-10/h4-8,11-12,15H,9-10,13H2,1-3H3;6-7,9H,4-5,8H2,1-3H3/t15-;9-/m00/s1. The van der Waals surface area contributed by atoms with Crippen molar-refractivity contribution >= 4 is 51.3 Å². The molecule has 0 aliphatic carbocycles. The van der Waals surface area contributed by atoms with Gasteiger partial charge in [-0.2, -0.15) is 0 Å². The van der Waals surface area contributed by atoms with Gasteiger partial charge in [0.05, 0.1) is 29.0 Å². The molecule has 47 heavy (non-hydrogen) atoms. The van der Waals surface area contributed by atoms with E-state index in [0.29, 0.717) is 52.6 Å². The van der Waals surface area contributed by atoms with E-state index in [2.05, 4.69) is 25.9 Å². The highest BCUT2D eigenvalue weighted by Crippen LogP contribution is 2.30. The fourth-order valence-corrected chi connectivity index (χ4v) is 5.19. The fraction of sp³-hybridized carbons (Fsp3) is 0.471. The average Bonchev–Trinajstić information content (AvgIpc) is 2.93. The van der Waals surface area contributed by atoms with Crippen LogP contribution < -0.4 is 9.47 Å². The van der Waals surface area contributed by atoms with Crippen LogP contribution in [-0.2, 0) is 9.47 Å². The molecule has 2 aliphatic heterocycles. The van der Waals surface area contributed by atoms with Crippen LogP contribution >= 0.6 is 39.1 Å². The highest BCUT2D eigenvalue weighted by Gasteiger charge is 2.36. The Morgan fingerprint density at radius 3 is 1.68 bits per heavy atom. The molecule has 2 aromatic heterocycles. The van der Waals surface area contributed by atoms with Crippen molar-refractivity contribution in [1.82, 2.24) is 19.8 Å². The van der Waals surface area contributed by atoms with Crippen molar-refractivity contribution < 1.29 is 28.5 Å². The van der Waals surface area contributed by atoms with E-state index in [4.69, 9.17) is 42.1 Å². The second-order valence-electron chi connectivity index (χ2n) is 13.2. The molecule has 0 radical (unpaired) electrons. The minimum atomic E-state index is -0.497. The van der Waals surface area contributed by atoms with Crippen LogP contribution in [0.1, 0.15) is 54.4 Å². The number of pyridine rings is 2. The zero-order valence-corrected chi connectivity index (χ0v) is 30.6. The van der Waals surface area contributed by atoms with E-state index in [0.717, 1.165) is 24.0 Å². The van der Waals surface area contributed by atoms with Gasteiger partial charge in [0.15, 0.2) is 0 Å². The van der Waals surface area contributed by atoms with Crippen molar-refractivity contribution in [3.05, 3.63) is 69.6 Å². The van der Waals surface area contributed by atoms with Crippen LogP contribution in [0.15, 0.2) is 59.3 Å². The summed E-state index contributed by atoms with van der Waals surface area (Å²) in [6.45, 7) is 13.4. The quantitative estimate of drug-likeness (QED) is 0.221. The fourth-order valence-electron chi connectivity index (χ4n) is 4.55. The maximum absolute atomic E-state index is 12.2. The summed E-state index contributed by atoms with van der Waals surface area (Å²) < 4.78 is 23.0. The van der Waals surface area contributed by atoms with Crippen molar-refractivity contribution in [1.29, 1.82) is 0 Å². The Kier molecular flexibility index (Phi) is 12.2. The summed E-state index contributed by atoms with van der Waals surface area (Å²) in [6, 6.07) is 13.5. The van der Waals surface area contributed by atoms with Gasteiger partial charge in [-0.1, -0.05) is 53.5 Å². The summed E-state index contributed by atoms with van der Waals surface area (Å²) in [5.41, 5.74) is 0.822. The van der Waals surface area contributed by atoms with Crippen LogP contribution in [0.25, 0.3) is 11.1 Å². The summed E-state index contributed by atoms with van der Waals surface area (Å²) >= 11 is 15.3. The highest BCUT2D eigenvalue weighted by molar-refractivity contribution is 9.10. The van der Waals surface area contributed by atoms with Gasteiger partial charge in [0, 0.05) is 18.7 Å². The zero-order valence-electron chi connectivity index (χ0n) is 27.5. The van der Waals surface area contributed by atoms with Crippen LogP contribution in [0, 0.1) is 0 Å². The predicted octanol–water partition coefficient (Wildman–Crippen LogP) is 8.68. The molecule has 4 heterocycles. The third-order valence-electron chi connectivity index (χ3n) is 7.10. The molecular weight excluding hydrogens is 711 g/mol. The molecule has 0 spiro atoms. The largest absolute Gasteiger partial charge is 0.490 e. The molecular formula is C34H41BrCl2N4O6. The minimum Gasteiger partial charge on any atom is -0.490 e. The van der Waals surface area contributed by atoms with Gasteiger partial charge >= 0.3 is 12.2 Å². The summed E-state index contributed by atoms with van der Waals surface area (Å²) in [4.78, 5) is 35.7. The summed E-state index contributed by atoms with van der Waals surface area (Å²) in [6.07, 6.45) is 4.37. The van der Waals surface area contributed by atoms with E-state index in [9.17, 15) is 9.59 Å². The minimum absolute atomic E-state index is 0.0145. The maximum Gasteiger partial charge on any atom is 0.410 e. The van der Waals surface area contributed by atoms with Crippen LogP contribution in [0.4, 0.5) is 9.59 Å². The number of hydrogen-bond acceptors (Lipinski definition) is 8. The number of hydrogen-bond donors (Lipinski definition) is 0. The number of carbonyl (C=O) groups excluding carboxylic acids is 2. The summed E-state index contributed by atoms with van der Waals surface area (Å²) in [5, 5.41) is 0.823. The molecule has 13 heteroatoms. The second kappa shape index (κ2) is 15.7. The molecule has 2 fully saturated rings. The number of carbonyl (C=O) groups is 2. The zero-order chi connectivity index (χ0) is 34.4. The molecule has 2 aliphatic rings. The van der Waals surface area contributed by atoms with Crippen LogP contribution in [0.5, 0.6) is 11.5 Å². The van der Waals surface area contributed by atoms with Crippen LogP contribution in [-0.4, -0.2) is 81.5 Å². The van der Waals surface area contributed by atoms with Gasteiger partial charge in [-0.25, -0.2) is 19.6 Å². The number of likely N-dealkylation sites (tertiary alicyclic amines) is 2. The van der Waals surface area contributed by atoms with E-state index < -0.39 is 11.2 Å². The smallest absolute Gasteiger partial charge is 0.410 e. The van der Waals surface area contributed by atoms with Crippen molar-refractivity contribution in [2.24, 2.45) is 0 Å². The molecule has 0 saturated carbocycles. The predicted molar refractivity (Wildman–Crippen MR) is 185 cm³/mol. The number of aromatic nitrogens is 2. The van der Waals surface area contributed by atoms with Gasteiger partial charge in [0.2, 0.25) is 0 Å². The van der Waals surface area contributed by atoms with E-state index in [1.165, 1.54) is 0 Å². The normalized spacial score (nSPS) is 17.4. The molecule has 0 unspecified atom stereocenters. The van der Waals surface area contributed by atoms with E-state index in [-0.39, 0.29) is 24.3 Å². The Balaban J connectivity index is 0.000000218. The van der Waals surface area contributed by atoms with E-state index >= 15 is 0 Å². The maximum atomic E-state index is 12.2. The molecule has 2 amide bonds.